The summed E-state index contributed by atoms with van der Waals surface area (Å²) in [7, 11) is 0. The Balaban J connectivity index is 1.42. The minimum absolute atomic E-state index is 0.268. The summed E-state index contributed by atoms with van der Waals surface area (Å²) in [6, 6.07) is 5.52. The van der Waals surface area contributed by atoms with Crippen LogP contribution >= 0.6 is 23.2 Å². The molecule has 5 nitrogen and oxygen atoms in total. The van der Waals surface area contributed by atoms with Crippen LogP contribution in [0.15, 0.2) is 30.0 Å². The minimum atomic E-state index is -0.801. The molecule has 2 saturated carbocycles. The van der Waals surface area contributed by atoms with Crippen LogP contribution in [0.2, 0.25) is 10.0 Å². The molecule has 3 aliphatic rings. The number of carbonyl (C=O) groups is 1. The second-order valence-corrected chi connectivity index (χ2v) is 9.48. The van der Waals surface area contributed by atoms with E-state index in [1.165, 1.54) is 28.9 Å². The van der Waals surface area contributed by atoms with Gasteiger partial charge in [0.2, 0.25) is 0 Å². The number of para-hydroxylation sites is 1. The average Bonchev–Trinajstić information content (AvgIpc) is 3.43. The van der Waals surface area contributed by atoms with E-state index in [-0.39, 0.29) is 5.41 Å². The van der Waals surface area contributed by atoms with Gasteiger partial charge in [0.05, 0.1) is 21.9 Å². The van der Waals surface area contributed by atoms with Crippen LogP contribution in [0.1, 0.15) is 55.7 Å². The Bertz CT molecular complexity index is 971. The Morgan fingerprint density at radius 2 is 1.83 bits per heavy atom. The lowest BCUT2D eigenvalue weighted by atomic mass is 9.60. The van der Waals surface area contributed by atoms with Gasteiger partial charge in [-0.05, 0) is 68.1 Å². The number of benzene rings is 1. The van der Waals surface area contributed by atoms with Crippen LogP contribution in [0.5, 0.6) is 0 Å². The van der Waals surface area contributed by atoms with Crippen LogP contribution in [0.4, 0.5) is 4.79 Å². The predicted molar refractivity (Wildman–Crippen MR) is 114 cm³/mol. The zero-order chi connectivity index (χ0) is 20.2. The van der Waals surface area contributed by atoms with Crippen molar-refractivity contribution in [3.63, 3.8) is 0 Å². The van der Waals surface area contributed by atoms with Crippen molar-refractivity contribution < 1.29 is 9.90 Å². The summed E-state index contributed by atoms with van der Waals surface area (Å²) >= 11 is 12.9. The number of nitrogens with zero attached hydrogens (tertiary/aromatic N) is 3. The number of halogens is 2. The third-order valence-corrected chi connectivity index (χ3v) is 7.25. The molecule has 1 N–H and O–H groups in total. The largest absolute Gasteiger partial charge is 0.465 e. The second kappa shape index (κ2) is 7.06. The Morgan fingerprint density at radius 3 is 2.41 bits per heavy atom. The third-order valence-electron chi connectivity index (χ3n) is 6.64. The zero-order valence-electron chi connectivity index (χ0n) is 16.1. The SMILES string of the molecule is O=C(O)N1CCC2(CC1)CC(=Cc1c(C3CC3)cnn1-c1c(Cl)cccc1Cl)C2. The van der Waals surface area contributed by atoms with E-state index in [1.807, 2.05) is 29.1 Å². The van der Waals surface area contributed by atoms with Gasteiger partial charge in [0.25, 0.3) is 0 Å². The van der Waals surface area contributed by atoms with E-state index < -0.39 is 6.09 Å². The van der Waals surface area contributed by atoms with Crippen LogP contribution in [-0.2, 0) is 0 Å². The van der Waals surface area contributed by atoms with Gasteiger partial charge in [0.1, 0.15) is 5.69 Å². The molecule has 1 spiro atoms. The first-order valence-electron chi connectivity index (χ1n) is 10.2. The summed E-state index contributed by atoms with van der Waals surface area (Å²) < 4.78 is 1.89. The van der Waals surface area contributed by atoms with Gasteiger partial charge in [-0.1, -0.05) is 34.8 Å². The molecule has 1 saturated heterocycles. The predicted octanol–water partition coefficient (Wildman–Crippen LogP) is 5.99. The highest BCUT2D eigenvalue weighted by Crippen LogP contribution is 2.53. The first-order valence-corrected chi connectivity index (χ1v) is 10.9. The lowest BCUT2D eigenvalue weighted by Gasteiger charge is -2.49. The van der Waals surface area contributed by atoms with E-state index in [9.17, 15) is 9.90 Å². The van der Waals surface area contributed by atoms with E-state index in [0.717, 1.165) is 37.1 Å². The topological polar surface area (TPSA) is 58.4 Å². The number of carboxylic acid groups (broad SMARTS) is 1. The highest BCUT2D eigenvalue weighted by Gasteiger charge is 2.43. The lowest BCUT2D eigenvalue weighted by molar-refractivity contribution is 0.0664. The van der Waals surface area contributed by atoms with Crippen molar-refractivity contribution in [2.45, 2.75) is 44.4 Å². The molecule has 1 aromatic heterocycles. The van der Waals surface area contributed by atoms with E-state index in [0.29, 0.717) is 29.1 Å². The maximum absolute atomic E-state index is 11.2. The van der Waals surface area contributed by atoms with Gasteiger partial charge in [-0.25, -0.2) is 9.48 Å². The number of likely N-dealkylation sites (tertiary alicyclic amines) is 1. The first kappa shape index (κ1) is 19.0. The van der Waals surface area contributed by atoms with Crippen molar-refractivity contribution in [2.75, 3.05) is 13.1 Å². The maximum Gasteiger partial charge on any atom is 0.407 e. The molecule has 0 atom stereocenters. The van der Waals surface area contributed by atoms with E-state index in [1.54, 1.807) is 0 Å². The number of piperidine rings is 1. The minimum Gasteiger partial charge on any atom is -0.465 e. The van der Waals surface area contributed by atoms with Gasteiger partial charge >= 0.3 is 6.09 Å². The summed E-state index contributed by atoms with van der Waals surface area (Å²) in [6.07, 6.45) is 9.80. The molecule has 1 amide bonds. The van der Waals surface area contributed by atoms with Crippen molar-refractivity contribution >= 4 is 35.4 Å². The van der Waals surface area contributed by atoms with Gasteiger partial charge in [-0.2, -0.15) is 5.10 Å². The number of rotatable bonds is 3. The standard InChI is InChI=1S/C22H23Cl2N3O2/c23-17-2-1-3-18(24)20(17)27-19(16(13-25-27)15-4-5-15)10-14-11-22(12-14)6-8-26(9-7-22)21(28)29/h1-3,10,13,15H,4-9,11-12H2,(H,28,29). The number of allylic oxidation sites excluding steroid dienone is 1. The summed E-state index contributed by atoms with van der Waals surface area (Å²) in [5.74, 6) is 0.574. The smallest absolute Gasteiger partial charge is 0.407 e. The van der Waals surface area contributed by atoms with Crippen molar-refractivity contribution in [1.82, 2.24) is 14.7 Å². The molecule has 7 heteroatoms. The van der Waals surface area contributed by atoms with Crippen molar-refractivity contribution in [2.24, 2.45) is 5.41 Å². The zero-order valence-corrected chi connectivity index (χ0v) is 17.6. The van der Waals surface area contributed by atoms with Crippen LogP contribution in [0.3, 0.4) is 0 Å². The average molecular weight is 432 g/mol. The van der Waals surface area contributed by atoms with E-state index >= 15 is 0 Å². The quantitative estimate of drug-likeness (QED) is 0.648. The number of hydrogen-bond acceptors (Lipinski definition) is 2. The van der Waals surface area contributed by atoms with Crippen molar-refractivity contribution in [1.29, 1.82) is 0 Å². The molecule has 0 unspecified atom stereocenters. The monoisotopic (exact) mass is 431 g/mol. The molecule has 2 aliphatic carbocycles. The third kappa shape index (κ3) is 3.44. The van der Waals surface area contributed by atoms with Gasteiger partial charge in [-0.15, -0.1) is 0 Å². The maximum atomic E-state index is 11.2. The van der Waals surface area contributed by atoms with Gasteiger partial charge in [0.15, 0.2) is 0 Å². The van der Waals surface area contributed by atoms with Crippen LogP contribution in [0.25, 0.3) is 11.8 Å². The highest BCUT2D eigenvalue weighted by atomic mass is 35.5. The van der Waals surface area contributed by atoms with Crippen molar-refractivity contribution in [3.05, 3.63) is 51.3 Å². The van der Waals surface area contributed by atoms with E-state index in [4.69, 9.17) is 23.2 Å². The first-order chi connectivity index (χ1) is 14.0. The normalized spacial score (nSPS) is 20.6. The fourth-order valence-electron chi connectivity index (χ4n) is 4.83. The van der Waals surface area contributed by atoms with Crippen LogP contribution in [0, 0.1) is 5.41 Å². The molecule has 29 heavy (non-hydrogen) atoms. The van der Waals surface area contributed by atoms with Gasteiger partial charge in [0, 0.05) is 18.7 Å². The van der Waals surface area contributed by atoms with E-state index in [2.05, 4.69) is 11.2 Å². The summed E-state index contributed by atoms with van der Waals surface area (Å²) in [5, 5.41) is 15.0. The summed E-state index contributed by atoms with van der Waals surface area (Å²) in [5.41, 5.74) is 4.77. The molecule has 0 radical (unpaired) electrons. The molecule has 152 valence electrons. The molecule has 2 aromatic rings. The number of aromatic nitrogens is 2. The molecule has 1 aromatic carbocycles. The molecule has 3 fully saturated rings. The van der Waals surface area contributed by atoms with Crippen molar-refractivity contribution in [3.8, 4) is 5.69 Å². The molecule has 2 heterocycles. The van der Waals surface area contributed by atoms with Crippen LogP contribution in [-0.4, -0.2) is 39.0 Å². The fraction of sp³-hybridized carbons (Fsp3) is 0.455. The Hall–Kier alpha value is -1.98. The number of hydrogen-bond donors (Lipinski definition) is 1. The molecule has 5 rings (SSSR count). The molecular formula is C22H23Cl2N3O2. The lowest BCUT2D eigenvalue weighted by Crippen LogP contribution is -2.46. The van der Waals surface area contributed by atoms with Crippen LogP contribution < -0.4 is 0 Å². The highest BCUT2D eigenvalue weighted by molar-refractivity contribution is 6.37. The summed E-state index contributed by atoms with van der Waals surface area (Å²) in [6.45, 7) is 1.28. The Morgan fingerprint density at radius 1 is 1.17 bits per heavy atom. The summed E-state index contributed by atoms with van der Waals surface area (Å²) in [4.78, 5) is 12.7. The Kier molecular flexibility index (Phi) is 4.63. The molecule has 1 aliphatic heterocycles. The molecule has 0 bridgehead atoms. The second-order valence-electron chi connectivity index (χ2n) is 8.67. The Labute approximate surface area is 179 Å². The van der Waals surface area contributed by atoms with Gasteiger partial charge in [-0.3, -0.25) is 0 Å². The van der Waals surface area contributed by atoms with Gasteiger partial charge < -0.3 is 10.0 Å². The number of amides is 1. The fourth-order valence-corrected chi connectivity index (χ4v) is 5.38. The molecular weight excluding hydrogens is 409 g/mol.